The van der Waals surface area contributed by atoms with Crippen molar-refractivity contribution in [3.8, 4) is 5.75 Å². The topological polar surface area (TPSA) is 92.7 Å². The number of ether oxygens (including phenoxy) is 1. The average molecular weight is 325 g/mol. The molecule has 1 amide bonds. The number of hydrogen-bond donors (Lipinski definition) is 2. The summed E-state index contributed by atoms with van der Waals surface area (Å²) in [5.74, 6) is -1.87. The lowest BCUT2D eigenvalue weighted by Gasteiger charge is -2.07. The van der Waals surface area contributed by atoms with Crippen LogP contribution in [0.5, 0.6) is 5.75 Å². The van der Waals surface area contributed by atoms with Crippen LogP contribution in [0.25, 0.3) is 6.08 Å². The minimum atomic E-state index is -1.26. The predicted octanol–water partition coefficient (Wildman–Crippen LogP) is 2.47. The van der Waals surface area contributed by atoms with Gasteiger partial charge in [-0.3, -0.25) is 9.59 Å². The molecular weight excluding hydrogens is 310 g/mol. The summed E-state index contributed by atoms with van der Waals surface area (Å²) in [5, 5.41) is 11.6. The highest BCUT2D eigenvalue weighted by molar-refractivity contribution is 6.02. The molecular formula is C18H15NO5. The van der Waals surface area contributed by atoms with E-state index in [1.165, 1.54) is 25.1 Å². The van der Waals surface area contributed by atoms with Gasteiger partial charge in [0.2, 0.25) is 0 Å². The van der Waals surface area contributed by atoms with Gasteiger partial charge in [0.15, 0.2) is 0 Å². The first-order valence-corrected chi connectivity index (χ1v) is 7.05. The van der Waals surface area contributed by atoms with Crippen LogP contribution in [-0.2, 0) is 9.59 Å². The fourth-order valence-corrected chi connectivity index (χ4v) is 1.90. The predicted molar refractivity (Wildman–Crippen MR) is 87.3 cm³/mol. The smallest absolute Gasteiger partial charge is 0.352 e. The quantitative estimate of drug-likeness (QED) is 0.500. The lowest BCUT2D eigenvalue weighted by atomic mass is 10.1. The molecule has 122 valence electrons. The lowest BCUT2D eigenvalue weighted by molar-refractivity contribution is -0.133. The molecule has 0 heterocycles. The van der Waals surface area contributed by atoms with Gasteiger partial charge in [-0.25, -0.2) is 4.79 Å². The summed E-state index contributed by atoms with van der Waals surface area (Å²) in [6, 6.07) is 14.5. The Morgan fingerprint density at radius 2 is 1.62 bits per heavy atom. The van der Waals surface area contributed by atoms with Crippen molar-refractivity contribution >= 4 is 23.9 Å². The Labute approximate surface area is 138 Å². The van der Waals surface area contributed by atoms with Gasteiger partial charge in [-0.05, 0) is 35.9 Å². The molecule has 0 unspecified atom stereocenters. The molecule has 0 aromatic heterocycles. The summed E-state index contributed by atoms with van der Waals surface area (Å²) in [7, 11) is 0. The molecule has 0 radical (unpaired) electrons. The van der Waals surface area contributed by atoms with Gasteiger partial charge >= 0.3 is 11.9 Å². The number of carboxylic acid groups (broad SMARTS) is 1. The van der Waals surface area contributed by atoms with E-state index in [0.29, 0.717) is 16.9 Å². The number of benzene rings is 2. The summed E-state index contributed by atoms with van der Waals surface area (Å²) in [6.07, 6.45) is 1.32. The zero-order chi connectivity index (χ0) is 17.5. The SMILES string of the molecule is CC(=O)Oc1ccc(/C=C(\NC(=O)c2ccccc2)C(=O)O)cc1. The number of esters is 1. The molecule has 0 bridgehead atoms. The maximum absolute atomic E-state index is 12.1. The molecule has 0 atom stereocenters. The van der Waals surface area contributed by atoms with Crippen LogP contribution in [0.3, 0.4) is 0 Å². The third-order valence-corrected chi connectivity index (χ3v) is 2.97. The van der Waals surface area contributed by atoms with Crippen LogP contribution in [0.15, 0.2) is 60.3 Å². The molecule has 24 heavy (non-hydrogen) atoms. The first-order chi connectivity index (χ1) is 11.5. The van der Waals surface area contributed by atoms with Crippen molar-refractivity contribution < 1.29 is 24.2 Å². The molecule has 6 nitrogen and oxygen atoms in total. The van der Waals surface area contributed by atoms with E-state index in [1.54, 1.807) is 42.5 Å². The van der Waals surface area contributed by atoms with Gasteiger partial charge in [0.1, 0.15) is 11.4 Å². The standard InChI is InChI=1S/C18H15NO5/c1-12(20)24-15-9-7-13(8-10-15)11-16(18(22)23)19-17(21)14-5-3-2-4-6-14/h2-11H,1H3,(H,19,21)(H,22,23)/b16-11-. The molecule has 0 aliphatic heterocycles. The Bertz CT molecular complexity index is 779. The Hall–Kier alpha value is -3.41. The van der Waals surface area contributed by atoms with Crippen molar-refractivity contribution in [3.05, 3.63) is 71.4 Å². The molecule has 0 saturated heterocycles. The Balaban J connectivity index is 2.18. The van der Waals surface area contributed by atoms with E-state index in [4.69, 9.17) is 4.74 Å². The first kappa shape index (κ1) is 17.0. The van der Waals surface area contributed by atoms with E-state index in [9.17, 15) is 19.5 Å². The van der Waals surface area contributed by atoms with Crippen LogP contribution >= 0.6 is 0 Å². The van der Waals surface area contributed by atoms with E-state index in [2.05, 4.69) is 5.32 Å². The van der Waals surface area contributed by atoms with Gasteiger partial charge in [-0.1, -0.05) is 30.3 Å². The molecule has 2 aromatic carbocycles. The molecule has 0 aliphatic rings. The van der Waals surface area contributed by atoms with Gasteiger partial charge in [0.05, 0.1) is 0 Å². The molecule has 6 heteroatoms. The van der Waals surface area contributed by atoms with Crippen LogP contribution in [0.1, 0.15) is 22.8 Å². The van der Waals surface area contributed by atoms with Crippen LogP contribution in [0.4, 0.5) is 0 Å². The largest absolute Gasteiger partial charge is 0.477 e. The van der Waals surface area contributed by atoms with Gasteiger partial charge in [0, 0.05) is 12.5 Å². The van der Waals surface area contributed by atoms with Crippen LogP contribution in [0, 0.1) is 0 Å². The van der Waals surface area contributed by atoms with Crippen LogP contribution in [-0.4, -0.2) is 23.0 Å². The fraction of sp³-hybridized carbons (Fsp3) is 0.0556. The van der Waals surface area contributed by atoms with Gasteiger partial charge < -0.3 is 15.2 Å². The fourth-order valence-electron chi connectivity index (χ4n) is 1.90. The minimum absolute atomic E-state index is 0.260. The third kappa shape index (κ3) is 4.81. The molecule has 0 saturated carbocycles. The summed E-state index contributed by atoms with van der Waals surface area (Å²) in [5.41, 5.74) is 0.635. The summed E-state index contributed by atoms with van der Waals surface area (Å²) >= 11 is 0. The molecule has 0 aliphatic carbocycles. The van der Waals surface area contributed by atoms with Crippen molar-refractivity contribution in [1.82, 2.24) is 5.32 Å². The number of amides is 1. The van der Waals surface area contributed by atoms with E-state index >= 15 is 0 Å². The number of rotatable bonds is 5. The first-order valence-electron chi connectivity index (χ1n) is 7.05. The summed E-state index contributed by atoms with van der Waals surface area (Å²) in [6.45, 7) is 1.29. The number of carbonyl (C=O) groups excluding carboxylic acids is 2. The molecule has 0 fully saturated rings. The second-order valence-corrected chi connectivity index (χ2v) is 4.85. The second-order valence-electron chi connectivity index (χ2n) is 4.85. The third-order valence-electron chi connectivity index (χ3n) is 2.97. The van der Waals surface area contributed by atoms with Crippen LogP contribution in [0.2, 0.25) is 0 Å². The van der Waals surface area contributed by atoms with Crippen molar-refractivity contribution in [3.63, 3.8) is 0 Å². The monoisotopic (exact) mass is 325 g/mol. The zero-order valence-corrected chi connectivity index (χ0v) is 12.9. The molecule has 2 aromatic rings. The van der Waals surface area contributed by atoms with Gasteiger partial charge in [0.25, 0.3) is 5.91 Å². The average Bonchev–Trinajstić information content (AvgIpc) is 2.56. The summed E-state index contributed by atoms with van der Waals surface area (Å²) in [4.78, 5) is 34.2. The van der Waals surface area contributed by atoms with Crippen molar-refractivity contribution in [2.45, 2.75) is 6.92 Å². The van der Waals surface area contributed by atoms with E-state index in [0.717, 1.165) is 0 Å². The Morgan fingerprint density at radius 1 is 1.00 bits per heavy atom. The Morgan fingerprint density at radius 3 is 2.17 bits per heavy atom. The molecule has 2 rings (SSSR count). The number of carboxylic acids is 1. The number of aliphatic carboxylic acids is 1. The van der Waals surface area contributed by atoms with E-state index in [-0.39, 0.29) is 5.70 Å². The maximum Gasteiger partial charge on any atom is 0.352 e. The number of hydrogen-bond acceptors (Lipinski definition) is 4. The van der Waals surface area contributed by atoms with Crippen molar-refractivity contribution in [2.24, 2.45) is 0 Å². The molecule has 0 spiro atoms. The molecule has 2 N–H and O–H groups in total. The summed E-state index contributed by atoms with van der Waals surface area (Å²) < 4.78 is 4.90. The van der Waals surface area contributed by atoms with E-state index < -0.39 is 17.8 Å². The van der Waals surface area contributed by atoms with Gasteiger partial charge in [-0.2, -0.15) is 0 Å². The number of nitrogens with one attached hydrogen (secondary N) is 1. The number of carbonyl (C=O) groups is 3. The highest BCUT2D eigenvalue weighted by Crippen LogP contribution is 2.14. The highest BCUT2D eigenvalue weighted by Gasteiger charge is 2.13. The zero-order valence-electron chi connectivity index (χ0n) is 12.9. The normalized spacial score (nSPS) is 10.8. The van der Waals surface area contributed by atoms with Crippen molar-refractivity contribution in [2.75, 3.05) is 0 Å². The van der Waals surface area contributed by atoms with E-state index in [1.807, 2.05) is 0 Å². The highest BCUT2D eigenvalue weighted by atomic mass is 16.5. The van der Waals surface area contributed by atoms with Crippen molar-refractivity contribution in [1.29, 1.82) is 0 Å². The lowest BCUT2D eigenvalue weighted by Crippen LogP contribution is -2.27. The van der Waals surface area contributed by atoms with Gasteiger partial charge in [-0.15, -0.1) is 0 Å². The Kier molecular flexibility index (Phi) is 5.46. The minimum Gasteiger partial charge on any atom is -0.477 e. The van der Waals surface area contributed by atoms with Crippen LogP contribution < -0.4 is 10.1 Å². The second kappa shape index (κ2) is 7.73. The maximum atomic E-state index is 12.1.